The SMILES string of the molecule is CCCCCCOC(=O)CCCCCBr. The summed E-state index contributed by atoms with van der Waals surface area (Å²) < 4.78 is 5.12. The second kappa shape index (κ2) is 12.0. The number of esters is 1. The first-order chi connectivity index (χ1) is 7.31. The molecule has 0 saturated heterocycles. The molecule has 15 heavy (non-hydrogen) atoms. The lowest BCUT2D eigenvalue weighted by molar-refractivity contribution is -0.143. The molecular weight excluding hydrogens is 256 g/mol. The van der Waals surface area contributed by atoms with Crippen molar-refractivity contribution in [1.29, 1.82) is 0 Å². The lowest BCUT2D eigenvalue weighted by atomic mass is 10.2. The van der Waals surface area contributed by atoms with Crippen LogP contribution in [0.25, 0.3) is 0 Å². The molecule has 0 radical (unpaired) electrons. The number of ether oxygens (including phenoxy) is 1. The van der Waals surface area contributed by atoms with Crippen LogP contribution >= 0.6 is 15.9 Å². The van der Waals surface area contributed by atoms with Crippen molar-refractivity contribution in [2.75, 3.05) is 11.9 Å². The average Bonchev–Trinajstić information content (AvgIpc) is 2.24. The van der Waals surface area contributed by atoms with Crippen molar-refractivity contribution >= 4 is 21.9 Å². The minimum absolute atomic E-state index is 0.0268. The van der Waals surface area contributed by atoms with Crippen molar-refractivity contribution in [2.24, 2.45) is 0 Å². The molecular formula is C12H23BrO2. The fraction of sp³-hybridized carbons (Fsp3) is 0.917. The first-order valence-corrected chi connectivity index (χ1v) is 7.15. The number of hydrogen-bond acceptors (Lipinski definition) is 2. The lowest BCUT2D eigenvalue weighted by Crippen LogP contribution is -2.05. The van der Waals surface area contributed by atoms with Gasteiger partial charge in [0.25, 0.3) is 0 Å². The normalized spacial score (nSPS) is 10.3. The molecule has 0 heterocycles. The van der Waals surface area contributed by atoms with Crippen molar-refractivity contribution in [2.45, 2.75) is 58.3 Å². The average molecular weight is 279 g/mol. The van der Waals surface area contributed by atoms with Gasteiger partial charge in [-0.05, 0) is 19.3 Å². The van der Waals surface area contributed by atoms with Gasteiger partial charge >= 0.3 is 5.97 Å². The van der Waals surface area contributed by atoms with E-state index in [1.807, 2.05) is 0 Å². The summed E-state index contributed by atoms with van der Waals surface area (Å²) in [6, 6.07) is 0. The molecule has 0 aliphatic rings. The molecule has 0 fully saturated rings. The predicted molar refractivity (Wildman–Crippen MR) is 67.4 cm³/mol. The second-order valence-corrected chi connectivity index (χ2v) is 4.57. The minimum atomic E-state index is -0.0268. The molecule has 0 spiro atoms. The maximum Gasteiger partial charge on any atom is 0.305 e. The quantitative estimate of drug-likeness (QED) is 0.342. The Morgan fingerprint density at radius 1 is 1.07 bits per heavy atom. The standard InChI is InChI=1S/C12H23BrO2/c1-2-3-4-8-11-15-12(14)9-6-5-7-10-13/h2-11H2,1H3. The number of rotatable bonds is 10. The van der Waals surface area contributed by atoms with Crippen LogP contribution in [0.3, 0.4) is 0 Å². The highest BCUT2D eigenvalue weighted by molar-refractivity contribution is 9.09. The molecule has 0 bridgehead atoms. The van der Waals surface area contributed by atoms with Crippen LogP contribution in [-0.4, -0.2) is 17.9 Å². The van der Waals surface area contributed by atoms with E-state index in [1.165, 1.54) is 19.3 Å². The van der Waals surface area contributed by atoms with E-state index in [1.54, 1.807) is 0 Å². The highest BCUT2D eigenvalue weighted by atomic mass is 79.9. The smallest absolute Gasteiger partial charge is 0.305 e. The van der Waals surface area contributed by atoms with Gasteiger partial charge in [0.2, 0.25) is 0 Å². The van der Waals surface area contributed by atoms with Crippen molar-refractivity contribution in [3.63, 3.8) is 0 Å². The number of carbonyl (C=O) groups excluding carboxylic acids is 1. The molecule has 0 amide bonds. The highest BCUT2D eigenvalue weighted by Crippen LogP contribution is 2.04. The van der Waals surface area contributed by atoms with Gasteiger partial charge in [-0.1, -0.05) is 48.5 Å². The molecule has 3 heteroatoms. The minimum Gasteiger partial charge on any atom is -0.466 e. The van der Waals surface area contributed by atoms with Crippen molar-refractivity contribution in [1.82, 2.24) is 0 Å². The van der Waals surface area contributed by atoms with Crippen LogP contribution in [0.2, 0.25) is 0 Å². The topological polar surface area (TPSA) is 26.3 Å². The molecule has 0 N–H and O–H groups in total. The second-order valence-electron chi connectivity index (χ2n) is 3.78. The van der Waals surface area contributed by atoms with Crippen LogP contribution in [0.5, 0.6) is 0 Å². The number of halogens is 1. The largest absolute Gasteiger partial charge is 0.466 e. The van der Waals surface area contributed by atoms with Crippen molar-refractivity contribution in [3.05, 3.63) is 0 Å². The summed E-state index contributed by atoms with van der Waals surface area (Å²) in [5.74, 6) is -0.0268. The van der Waals surface area contributed by atoms with E-state index < -0.39 is 0 Å². The Morgan fingerprint density at radius 3 is 2.47 bits per heavy atom. The molecule has 0 unspecified atom stereocenters. The zero-order valence-electron chi connectivity index (χ0n) is 9.77. The van der Waals surface area contributed by atoms with Gasteiger partial charge in [-0.25, -0.2) is 0 Å². The predicted octanol–water partition coefficient (Wildman–Crippen LogP) is 4.07. The maximum atomic E-state index is 11.2. The Kier molecular flexibility index (Phi) is 12.0. The van der Waals surface area contributed by atoms with Crippen LogP contribution in [-0.2, 0) is 9.53 Å². The molecule has 0 aromatic heterocycles. The molecule has 0 aliphatic carbocycles. The Balaban J connectivity index is 3.11. The number of carbonyl (C=O) groups is 1. The molecule has 0 aromatic carbocycles. The van der Waals surface area contributed by atoms with Crippen LogP contribution < -0.4 is 0 Å². The molecule has 0 atom stereocenters. The summed E-state index contributed by atoms with van der Waals surface area (Å²) in [4.78, 5) is 11.2. The van der Waals surface area contributed by atoms with Gasteiger partial charge in [0.15, 0.2) is 0 Å². The van der Waals surface area contributed by atoms with E-state index in [9.17, 15) is 4.79 Å². The summed E-state index contributed by atoms with van der Waals surface area (Å²) in [5, 5.41) is 1.03. The zero-order valence-corrected chi connectivity index (χ0v) is 11.4. The van der Waals surface area contributed by atoms with Gasteiger partial charge in [0.1, 0.15) is 0 Å². The van der Waals surface area contributed by atoms with E-state index in [-0.39, 0.29) is 5.97 Å². The first kappa shape index (κ1) is 14.9. The van der Waals surface area contributed by atoms with Gasteiger partial charge in [-0.2, -0.15) is 0 Å². The fourth-order valence-electron chi connectivity index (χ4n) is 1.33. The summed E-state index contributed by atoms with van der Waals surface area (Å²) >= 11 is 3.37. The molecule has 0 aliphatic heterocycles. The third-order valence-corrected chi connectivity index (χ3v) is 2.84. The molecule has 0 aromatic rings. The summed E-state index contributed by atoms with van der Waals surface area (Å²) in [7, 11) is 0. The monoisotopic (exact) mass is 278 g/mol. The van der Waals surface area contributed by atoms with Crippen LogP contribution in [0.1, 0.15) is 58.3 Å². The molecule has 90 valence electrons. The van der Waals surface area contributed by atoms with E-state index in [0.717, 1.165) is 31.0 Å². The number of hydrogen-bond donors (Lipinski definition) is 0. The third-order valence-electron chi connectivity index (χ3n) is 2.28. The van der Waals surface area contributed by atoms with Gasteiger partial charge < -0.3 is 4.74 Å². The Bertz CT molecular complexity index is 149. The number of alkyl halides is 1. The van der Waals surface area contributed by atoms with Gasteiger partial charge in [0, 0.05) is 11.8 Å². The van der Waals surface area contributed by atoms with E-state index in [0.29, 0.717) is 13.0 Å². The van der Waals surface area contributed by atoms with Crippen LogP contribution in [0, 0.1) is 0 Å². The summed E-state index contributed by atoms with van der Waals surface area (Å²) in [6.45, 7) is 2.78. The van der Waals surface area contributed by atoms with Crippen LogP contribution in [0.15, 0.2) is 0 Å². The molecule has 2 nitrogen and oxygen atoms in total. The summed E-state index contributed by atoms with van der Waals surface area (Å²) in [5.41, 5.74) is 0. The maximum absolute atomic E-state index is 11.2. The van der Waals surface area contributed by atoms with E-state index in [4.69, 9.17) is 4.74 Å². The van der Waals surface area contributed by atoms with Gasteiger partial charge in [-0.15, -0.1) is 0 Å². The third kappa shape index (κ3) is 11.9. The molecule has 0 saturated carbocycles. The lowest BCUT2D eigenvalue weighted by Gasteiger charge is -2.04. The van der Waals surface area contributed by atoms with E-state index >= 15 is 0 Å². The Morgan fingerprint density at radius 2 is 1.80 bits per heavy atom. The van der Waals surface area contributed by atoms with Crippen molar-refractivity contribution in [3.8, 4) is 0 Å². The van der Waals surface area contributed by atoms with Crippen molar-refractivity contribution < 1.29 is 9.53 Å². The summed E-state index contributed by atoms with van der Waals surface area (Å²) in [6.07, 6.45) is 8.44. The van der Waals surface area contributed by atoms with Gasteiger partial charge in [0.05, 0.1) is 6.61 Å². The molecule has 0 rings (SSSR count). The zero-order chi connectivity index (χ0) is 11.4. The Hall–Kier alpha value is -0.0500. The Labute approximate surface area is 102 Å². The highest BCUT2D eigenvalue weighted by Gasteiger charge is 2.01. The number of unbranched alkanes of at least 4 members (excludes halogenated alkanes) is 5. The van der Waals surface area contributed by atoms with E-state index in [2.05, 4.69) is 22.9 Å². The van der Waals surface area contributed by atoms with Crippen LogP contribution in [0.4, 0.5) is 0 Å². The first-order valence-electron chi connectivity index (χ1n) is 6.02. The van der Waals surface area contributed by atoms with Gasteiger partial charge in [-0.3, -0.25) is 4.79 Å². The fourth-order valence-corrected chi connectivity index (χ4v) is 1.72.